The summed E-state index contributed by atoms with van der Waals surface area (Å²) in [5, 5.41) is 18.8. The van der Waals surface area contributed by atoms with Gasteiger partial charge in [0.1, 0.15) is 17.5 Å². The number of phenols is 1. The summed E-state index contributed by atoms with van der Waals surface area (Å²) < 4.78 is 9.14. The Morgan fingerprint density at radius 1 is 1.04 bits per heavy atom. The number of benzene rings is 2. The molecule has 0 aliphatic heterocycles. The van der Waals surface area contributed by atoms with Gasteiger partial charge in [0.05, 0.1) is 14.3 Å². The van der Waals surface area contributed by atoms with Gasteiger partial charge in [0, 0.05) is 0 Å². The minimum absolute atomic E-state index is 0. The second kappa shape index (κ2) is 10.8. The van der Waals surface area contributed by atoms with Gasteiger partial charge in [-0.3, -0.25) is 4.79 Å². The summed E-state index contributed by atoms with van der Waals surface area (Å²) >= 11 is 8.42. The van der Waals surface area contributed by atoms with Crippen LogP contribution in [-0.4, -0.2) is 51.8 Å². The molecule has 0 bridgehead atoms. The topological polar surface area (TPSA) is 92.8 Å². The molecule has 2 aromatic rings. The molecular formula is C15H12I4NNaO4. The fourth-order valence-electron chi connectivity index (χ4n) is 1.89. The average Bonchev–Trinajstić information content (AvgIpc) is 2.48. The van der Waals surface area contributed by atoms with Gasteiger partial charge in [0.15, 0.2) is 5.75 Å². The molecule has 0 aliphatic carbocycles. The van der Waals surface area contributed by atoms with E-state index in [0.29, 0.717) is 18.6 Å². The Bertz CT molecular complexity index is 757. The third-order valence-electron chi connectivity index (χ3n) is 3.04. The number of halogens is 4. The van der Waals surface area contributed by atoms with E-state index in [0.717, 1.165) is 12.7 Å². The quantitative estimate of drug-likeness (QED) is 0.316. The Morgan fingerprint density at radius 3 is 1.96 bits per heavy atom. The normalized spacial score (nSPS) is 11.6. The molecule has 0 aromatic heterocycles. The summed E-state index contributed by atoms with van der Waals surface area (Å²) in [6.45, 7) is 0. The van der Waals surface area contributed by atoms with Gasteiger partial charge < -0.3 is 20.7 Å². The van der Waals surface area contributed by atoms with Crippen molar-refractivity contribution in [1.82, 2.24) is 0 Å². The molecule has 4 N–H and O–H groups in total. The van der Waals surface area contributed by atoms with Crippen LogP contribution in [0.2, 0.25) is 0 Å². The van der Waals surface area contributed by atoms with E-state index in [1.54, 1.807) is 12.1 Å². The van der Waals surface area contributed by atoms with E-state index in [9.17, 15) is 9.90 Å². The number of aromatic hydroxyl groups is 1. The van der Waals surface area contributed by atoms with Crippen molar-refractivity contribution in [3.05, 3.63) is 44.1 Å². The van der Waals surface area contributed by atoms with E-state index >= 15 is 0 Å². The summed E-state index contributed by atoms with van der Waals surface area (Å²) in [4.78, 5) is 10.9. The Morgan fingerprint density at radius 2 is 1.52 bits per heavy atom. The summed E-state index contributed by atoms with van der Waals surface area (Å²) in [5.41, 5.74) is 6.44. The summed E-state index contributed by atoms with van der Waals surface area (Å²) in [6.07, 6.45) is 0.261. The average molecular weight is 801 g/mol. The summed E-state index contributed by atoms with van der Waals surface area (Å²) in [6, 6.07) is 6.34. The van der Waals surface area contributed by atoms with Crippen LogP contribution < -0.4 is 10.5 Å². The molecule has 2 aromatic carbocycles. The third kappa shape index (κ3) is 6.74. The van der Waals surface area contributed by atoms with Gasteiger partial charge in [-0.15, -0.1) is 0 Å². The van der Waals surface area contributed by atoms with Crippen LogP contribution in [0.4, 0.5) is 0 Å². The number of ether oxygens (including phenoxy) is 1. The summed E-state index contributed by atoms with van der Waals surface area (Å²) in [7, 11) is 0. The number of phenolic OH excluding ortho intramolecular Hbond substituents is 1. The number of nitrogens with two attached hydrogens (primary N) is 1. The number of rotatable bonds is 5. The molecule has 1 unspecified atom stereocenters. The van der Waals surface area contributed by atoms with Crippen molar-refractivity contribution < 1.29 is 19.7 Å². The molecule has 130 valence electrons. The Kier molecular flexibility index (Phi) is 10.6. The second-order valence-corrected chi connectivity index (χ2v) is 9.52. The van der Waals surface area contributed by atoms with Gasteiger partial charge in [-0.2, -0.15) is 0 Å². The second-order valence-electron chi connectivity index (χ2n) is 4.88. The predicted octanol–water partition coefficient (Wildman–Crippen LogP) is 3.91. The molecule has 0 radical (unpaired) electrons. The van der Waals surface area contributed by atoms with E-state index in [1.165, 1.54) is 0 Å². The third-order valence-corrected chi connectivity index (χ3v) is 6.29. The van der Waals surface area contributed by atoms with Crippen molar-refractivity contribution in [2.24, 2.45) is 5.73 Å². The first kappa shape index (κ1) is 24.4. The van der Waals surface area contributed by atoms with E-state index in [1.807, 2.05) is 12.1 Å². The van der Waals surface area contributed by atoms with Crippen LogP contribution >= 0.6 is 90.4 Å². The van der Waals surface area contributed by atoms with Crippen molar-refractivity contribution in [3.63, 3.8) is 0 Å². The molecule has 0 aliphatic rings. The fourth-order valence-corrected chi connectivity index (χ4v) is 5.72. The minimum atomic E-state index is -1.02. The molecule has 0 amide bonds. The van der Waals surface area contributed by atoms with Crippen molar-refractivity contribution >= 4 is 126 Å². The molecule has 0 spiro atoms. The molecule has 0 saturated carbocycles. The molecule has 2 rings (SSSR count). The van der Waals surface area contributed by atoms with Crippen LogP contribution in [0, 0.1) is 14.3 Å². The number of hydrogen-bond donors (Lipinski definition) is 3. The van der Waals surface area contributed by atoms with Crippen molar-refractivity contribution in [3.8, 4) is 17.2 Å². The molecule has 25 heavy (non-hydrogen) atoms. The van der Waals surface area contributed by atoms with Gasteiger partial charge in [-0.25, -0.2) is 0 Å². The van der Waals surface area contributed by atoms with Crippen LogP contribution in [0.25, 0.3) is 0 Å². The fraction of sp³-hybridized carbons (Fsp3) is 0.133. The Labute approximate surface area is 221 Å². The van der Waals surface area contributed by atoms with Crippen LogP contribution in [0.3, 0.4) is 0 Å². The zero-order valence-electron chi connectivity index (χ0n) is 11.9. The van der Waals surface area contributed by atoms with Gasteiger partial charge in [0.2, 0.25) is 0 Å². The number of carboxylic acid groups (broad SMARTS) is 1. The van der Waals surface area contributed by atoms with Gasteiger partial charge in [-0.05, 0) is 127 Å². The molecule has 1 atom stereocenters. The molecule has 0 heterocycles. The first-order valence-electron chi connectivity index (χ1n) is 6.51. The number of aliphatic carboxylic acids is 1. The predicted molar refractivity (Wildman–Crippen MR) is 132 cm³/mol. The van der Waals surface area contributed by atoms with Crippen LogP contribution in [0.1, 0.15) is 5.56 Å². The van der Waals surface area contributed by atoms with Gasteiger partial charge in [0.25, 0.3) is 0 Å². The zero-order valence-corrected chi connectivity index (χ0v) is 20.5. The van der Waals surface area contributed by atoms with E-state index in [2.05, 4.69) is 90.4 Å². The zero-order chi connectivity index (χ0) is 18.0. The molecule has 10 heteroatoms. The molecular weight excluding hydrogens is 789 g/mol. The standard InChI is InChI=1S/C15H11I4NO4.Na.H/c16-8-4-7(5-9(17)13(8)21)24-14-10(18)1-6(2-11(14)19)3-12(20)15(22)23;;/h1-2,4-5,12,21H,3,20H2,(H,22,23);;. The first-order chi connectivity index (χ1) is 11.2. The maximum atomic E-state index is 10.9. The van der Waals surface area contributed by atoms with Crippen LogP contribution in [-0.2, 0) is 11.2 Å². The summed E-state index contributed by atoms with van der Waals surface area (Å²) in [5.74, 6) is 0.549. The molecule has 0 saturated heterocycles. The number of carboxylic acids is 1. The van der Waals surface area contributed by atoms with Crippen molar-refractivity contribution in [2.75, 3.05) is 0 Å². The molecule has 0 fully saturated rings. The Hall–Kier alpha value is 1.39. The van der Waals surface area contributed by atoms with E-state index in [-0.39, 0.29) is 41.7 Å². The number of hydrogen-bond acceptors (Lipinski definition) is 4. The maximum absolute atomic E-state index is 10.9. The molecule has 5 nitrogen and oxygen atoms in total. The first-order valence-corrected chi connectivity index (χ1v) is 10.8. The van der Waals surface area contributed by atoms with Gasteiger partial charge in [-0.1, -0.05) is 0 Å². The number of carbonyl (C=O) groups is 1. The van der Waals surface area contributed by atoms with Crippen LogP contribution in [0.15, 0.2) is 24.3 Å². The monoisotopic (exact) mass is 801 g/mol. The Balaban J connectivity index is 0.00000312. The van der Waals surface area contributed by atoms with Gasteiger partial charge >= 0.3 is 35.5 Å². The SMILES string of the molecule is NC(Cc1cc(I)c(Oc2cc(I)c(O)c(I)c2)c(I)c1)C(=O)O.[NaH]. The van der Waals surface area contributed by atoms with Crippen molar-refractivity contribution in [1.29, 1.82) is 0 Å². The van der Waals surface area contributed by atoms with E-state index in [4.69, 9.17) is 15.6 Å². The van der Waals surface area contributed by atoms with E-state index < -0.39 is 12.0 Å². The van der Waals surface area contributed by atoms with Crippen LogP contribution in [0.5, 0.6) is 17.2 Å². The van der Waals surface area contributed by atoms with Crippen molar-refractivity contribution in [2.45, 2.75) is 12.5 Å².